The number of para-hydroxylation sites is 1. The van der Waals surface area contributed by atoms with Gasteiger partial charge in [0, 0.05) is 25.7 Å². The molecular formula is C22H25FN2O3. The van der Waals surface area contributed by atoms with Gasteiger partial charge in [-0.05, 0) is 31.5 Å². The van der Waals surface area contributed by atoms with Crippen LogP contribution < -0.4 is 4.74 Å². The van der Waals surface area contributed by atoms with Crippen molar-refractivity contribution in [3.8, 4) is 5.75 Å². The van der Waals surface area contributed by atoms with Crippen molar-refractivity contribution in [3.05, 3.63) is 66.0 Å². The second-order valence-electron chi connectivity index (χ2n) is 7.26. The molecule has 0 radical (unpaired) electrons. The first-order chi connectivity index (χ1) is 13.5. The van der Waals surface area contributed by atoms with Crippen LogP contribution in [-0.4, -0.2) is 47.4 Å². The molecule has 0 N–H and O–H groups in total. The number of rotatable bonds is 7. The van der Waals surface area contributed by atoms with Crippen LogP contribution in [0.1, 0.15) is 19.4 Å². The summed E-state index contributed by atoms with van der Waals surface area (Å²) < 4.78 is 18.8. The molecule has 148 valence electrons. The molecule has 0 spiro atoms. The molecule has 1 aliphatic rings. The predicted molar refractivity (Wildman–Crippen MR) is 104 cm³/mol. The number of carbonyl (C=O) groups is 2. The van der Waals surface area contributed by atoms with E-state index in [9.17, 15) is 14.0 Å². The van der Waals surface area contributed by atoms with Gasteiger partial charge in [0.1, 0.15) is 0 Å². The van der Waals surface area contributed by atoms with Crippen LogP contribution in [0.3, 0.4) is 0 Å². The highest BCUT2D eigenvalue weighted by Crippen LogP contribution is 2.22. The van der Waals surface area contributed by atoms with Crippen LogP contribution in [0.2, 0.25) is 0 Å². The number of amides is 2. The number of hydrogen-bond donors (Lipinski definition) is 0. The highest BCUT2D eigenvalue weighted by molar-refractivity contribution is 5.85. The zero-order valence-electron chi connectivity index (χ0n) is 16.2. The fourth-order valence-electron chi connectivity index (χ4n) is 3.16. The first kappa shape index (κ1) is 19.9. The van der Waals surface area contributed by atoms with Crippen LogP contribution in [0, 0.1) is 11.7 Å². The zero-order chi connectivity index (χ0) is 20.1. The van der Waals surface area contributed by atoms with Crippen LogP contribution in [0.4, 0.5) is 4.39 Å². The number of benzene rings is 2. The summed E-state index contributed by atoms with van der Waals surface area (Å²) in [4.78, 5) is 28.5. The Morgan fingerprint density at radius 3 is 2.39 bits per heavy atom. The summed E-state index contributed by atoms with van der Waals surface area (Å²) in [5.41, 5.74) is 1.08. The molecule has 0 saturated carbocycles. The Morgan fingerprint density at radius 1 is 1.11 bits per heavy atom. The average Bonchev–Trinajstić information content (AvgIpc) is 2.64. The minimum atomic E-state index is -0.500. The molecule has 0 unspecified atom stereocenters. The summed E-state index contributed by atoms with van der Waals surface area (Å²) in [6.07, 6.45) is 0. The number of carbonyl (C=O) groups excluding carboxylic acids is 2. The van der Waals surface area contributed by atoms with Crippen molar-refractivity contribution in [1.82, 2.24) is 9.80 Å². The largest absolute Gasteiger partial charge is 0.481 e. The van der Waals surface area contributed by atoms with E-state index < -0.39 is 5.82 Å². The quantitative estimate of drug-likeness (QED) is 0.737. The molecule has 0 aliphatic carbocycles. The Morgan fingerprint density at radius 2 is 1.75 bits per heavy atom. The van der Waals surface area contributed by atoms with Gasteiger partial charge in [-0.25, -0.2) is 4.39 Å². The van der Waals surface area contributed by atoms with Gasteiger partial charge in [-0.3, -0.25) is 9.59 Å². The first-order valence-electron chi connectivity index (χ1n) is 9.45. The molecule has 2 aromatic carbocycles. The third-order valence-corrected chi connectivity index (χ3v) is 4.87. The molecule has 1 aliphatic heterocycles. The van der Waals surface area contributed by atoms with E-state index in [0.717, 1.165) is 5.56 Å². The minimum absolute atomic E-state index is 0.0536. The number of ether oxygens (including phenoxy) is 1. The Hall–Kier alpha value is -2.89. The van der Waals surface area contributed by atoms with Gasteiger partial charge in [-0.2, -0.15) is 0 Å². The van der Waals surface area contributed by atoms with Crippen molar-refractivity contribution >= 4 is 11.8 Å². The van der Waals surface area contributed by atoms with Crippen LogP contribution in [0.5, 0.6) is 5.75 Å². The molecule has 5 nitrogen and oxygen atoms in total. The standard InChI is InChI=1S/C22H25FN2O3/c1-16(2)25(12-17-8-4-3-5-9-17)22(27)18-13-24(14-18)21(26)15-28-20-11-7-6-10-19(20)23/h3-11,16,18H,12-15H2,1-2H3. The third-order valence-electron chi connectivity index (χ3n) is 4.87. The maximum absolute atomic E-state index is 13.5. The maximum Gasteiger partial charge on any atom is 0.260 e. The second kappa shape index (κ2) is 8.87. The van der Waals surface area contributed by atoms with E-state index in [1.165, 1.54) is 12.1 Å². The predicted octanol–water partition coefficient (Wildman–Crippen LogP) is 3.10. The summed E-state index contributed by atoms with van der Waals surface area (Å²) in [7, 11) is 0. The molecule has 1 saturated heterocycles. The van der Waals surface area contributed by atoms with Crippen molar-refractivity contribution in [2.24, 2.45) is 5.92 Å². The number of hydrogen-bond acceptors (Lipinski definition) is 3. The van der Waals surface area contributed by atoms with Crippen molar-refractivity contribution < 1.29 is 18.7 Å². The first-order valence-corrected chi connectivity index (χ1v) is 9.45. The molecule has 1 fully saturated rings. The number of likely N-dealkylation sites (tertiary alicyclic amines) is 1. The lowest BCUT2D eigenvalue weighted by Crippen LogP contribution is -2.58. The van der Waals surface area contributed by atoms with Crippen molar-refractivity contribution in [3.63, 3.8) is 0 Å². The van der Waals surface area contributed by atoms with Gasteiger partial charge in [-0.1, -0.05) is 42.5 Å². The Balaban J connectivity index is 1.50. The highest BCUT2D eigenvalue weighted by atomic mass is 19.1. The Kier molecular flexibility index (Phi) is 6.29. The summed E-state index contributed by atoms with van der Waals surface area (Å²) in [6, 6.07) is 15.9. The number of nitrogens with zero attached hydrogens (tertiary/aromatic N) is 2. The van der Waals surface area contributed by atoms with Crippen molar-refractivity contribution in [1.29, 1.82) is 0 Å². The molecule has 28 heavy (non-hydrogen) atoms. The van der Waals surface area contributed by atoms with E-state index in [1.54, 1.807) is 17.0 Å². The topological polar surface area (TPSA) is 49.9 Å². The maximum atomic E-state index is 13.5. The molecular weight excluding hydrogens is 359 g/mol. The van der Waals surface area contributed by atoms with Crippen LogP contribution >= 0.6 is 0 Å². The van der Waals surface area contributed by atoms with Crippen molar-refractivity contribution in [2.45, 2.75) is 26.4 Å². The van der Waals surface area contributed by atoms with E-state index in [1.807, 2.05) is 49.1 Å². The van der Waals surface area contributed by atoms with E-state index >= 15 is 0 Å². The molecule has 6 heteroatoms. The van der Waals surface area contributed by atoms with Gasteiger partial charge in [0.25, 0.3) is 5.91 Å². The van der Waals surface area contributed by atoms with E-state index in [4.69, 9.17) is 4.74 Å². The van der Waals surface area contributed by atoms with Crippen molar-refractivity contribution in [2.75, 3.05) is 19.7 Å². The molecule has 1 heterocycles. The minimum Gasteiger partial charge on any atom is -0.481 e. The fraction of sp³-hybridized carbons (Fsp3) is 0.364. The van der Waals surface area contributed by atoms with Gasteiger partial charge in [0.15, 0.2) is 18.2 Å². The van der Waals surface area contributed by atoms with Gasteiger partial charge in [0.05, 0.1) is 5.92 Å². The van der Waals surface area contributed by atoms with Gasteiger partial charge >= 0.3 is 0 Å². The normalized spacial score (nSPS) is 13.9. The summed E-state index contributed by atoms with van der Waals surface area (Å²) in [6.45, 7) is 5.04. The second-order valence-corrected chi connectivity index (χ2v) is 7.26. The fourth-order valence-corrected chi connectivity index (χ4v) is 3.16. The molecule has 0 atom stereocenters. The van der Waals surface area contributed by atoms with Crippen LogP contribution in [0.25, 0.3) is 0 Å². The average molecular weight is 384 g/mol. The van der Waals surface area contributed by atoms with Gasteiger partial charge < -0.3 is 14.5 Å². The molecule has 0 aromatic heterocycles. The van der Waals surface area contributed by atoms with Crippen LogP contribution in [-0.2, 0) is 16.1 Å². The lowest BCUT2D eigenvalue weighted by Gasteiger charge is -2.41. The smallest absolute Gasteiger partial charge is 0.260 e. The van der Waals surface area contributed by atoms with E-state index in [2.05, 4.69) is 0 Å². The molecule has 3 rings (SSSR count). The molecule has 2 amide bonds. The van der Waals surface area contributed by atoms with Gasteiger partial charge in [0.2, 0.25) is 5.91 Å². The number of halogens is 1. The molecule has 2 aromatic rings. The van der Waals surface area contributed by atoms with E-state index in [0.29, 0.717) is 19.6 Å². The SMILES string of the molecule is CC(C)N(Cc1ccccc1)C(=O)C1CN(C(=O)COc2ccccc2F)C1. The summed E-state index contributed by atoms with van der Waals surface area (Å²) in [5.74, 6) is -0.841. The highest BCUT2D eigenvalue weighted by Gasteiger charge is 2.38. The lowest BCUT2D eigenvalue weighted by atomic mass is 9.97. The lowest BCUT2D eigenvalue weighted by molar-refractivity contribution is -0.151. The van der Waals surface area contributed by atoms with Gasteiger partial charge in [-0.15, -0.1) is 0 Å². The zero-order valence-corrected chi connectivity index (χ0v) is 16.2. The van der Waals surface area contributed by atoms with E-state index in [-0.39, 0.29) is 36.1 Å². The summed E-state index contributed by atoms with van der Waals surface area (Å²) >= 11 is 0. The summed E-state index contributed by atoms with van der Waals surface area (Å²) in [5, 5.41) is 0. The Bertz CT molecular complexity index is 820. The monoisotopic (exact) mass is 384 g/mol. The van der Waals surface area contributed by atoms with Crippen LogP contribution in [0.15, 0.2) is 54.6 Å². The molecule has 0 bridgehead atoms. The Labute approximate surface area is 164 Å². The third kappa shape index (κ3) is 4.68.